The number of likely N-dealkylation sites (tertiary alicyclic amines) is 1. The minimum absolute atomic E-state index is 0.0211. The minimum atomic E-state index is -1.85. The molecule has 1 aliphatic carbocycles. The van der Waals surface area contributed by atoms with Crippen molar-refractivity contribution in [3.63, 3.8) is 0 Å². The van der Waals surface area contributed by atoms with E-state index in [1.54, 1.807) is 43.3 Å². The number of amides is 12. The second-order valence-corrected chi connectivity index (χ2v) is 34.8. The highest BCUT2D eigenvalue weighted by Gasteiger charge is 2.61. The van der Waals surface area contributed by atoms with Gasteiger partial charge in [0.1, 0.15) is 52.8 Å². The van der Waals surface area contributed by atoms with E-state index in [1.165, 1.54) is 36.3 Å². The Bertz CT molecular complexity index is 4170. The summed E-state index contributed by atoms with van der Waals surface area (Å²) in [6.45, 7) is 14.1. The molecule has 692 valence electrons. The first-order valence-electron chi connectivity index (χ1n) is 41.4. The maximum atomic E-state index is 15.0. The number of nitrogens with two attached hydrogens (primary N) is 1. The quantitative estimate of drug-likeness (QED) is 0.00555. The number of guanidine groups is 1. The monoisotopic (exact) mass is 1810 g/mol. The average Bonchev–Trinajstić information content (AvgIpc) is 1.58. The van der Waals surface area contributed by atoms with Crippen molar-refractivity contribution < 1.29 is 116 Å². The number of unbranched alkanes of at least 4 members (excludes halogenated alkanes) is 1. The number of nitrogens with zero attached hydrogens (tertiary/aromatic N) is 3. The first-order valence-corrected chi connectivity index (χ1v) is 44.8. The Morgan fingerprint density at radius 2 is 1.42 bits per heavy atom. The van der Waals surface area contributed by atoms with Gasteiger partial charge in [-0.25, -0.2) is 34.4 Å². The van der Waals surface area contributed by atoms with Crippen LogP contribution in [0.25, 0.3) is 0 Å². The molecule has 0 radical (unpaired) electrons. The van der Waals surface area contributed by atoms with Crippen molar-refractivity contribution in [3.8, 4) is 5.75 Å². The topological polar surface area (TPSA) is 616 Å². The Morgan fingerprint density at radius 3 is 2.05 bits per heavy atom. The summed E-state index contributed by atoms with van der Waals surface area (Å²) in [6.07, 6.45) is 1.09. The van der Waals surface area contributed by atoms with Gasteiger partial charge in [0, 0.05) is 86.7 Å². The lowest BCUT2D eigenvalue weighted by Crippen LogP contribution is -2.59. The highest BCUT2D eigenvalue weighted by atomic mass is 33.1. The molecule has 1 saturated carbocycles. The average molecular weight is 1810 g/mol. The number of esters is 2. The molecule has 3 aromatic rings. The highest BCUT2D eigenvalue weighted by Crippen LogP contribution is 2.46. The van der Waals surface area contributed by atoms with Crippen LogP contribution in [-0.2, 0) is 91.1 Å². The molecule has 0 spiro atoms. The Labute approximate surface area is 736 Å². The van der Waals surface area contributed by atoms with Gasteiger partial charge in [-0.3, -0.25) is 68.5 Å². The molecule has 2 aromatic carbocycles. The zero-order chi connectivity index (χ0) is 92.6. The number of likely N-dealkylation sites (N-methyl/N-ethyl adjacent to an activating group) is 1. The Kier molecular flexibility index (Phi) is 44.3. The number of phenolic OH excluding ortho intramolecular Hbond substituents is 1. The van der Waals surface area contributed by atoms with Crippen LogP contribution in [0.4, 0.5) is 14.4 Å². The van der Waals surface area contributed by atoms with E-state index < -0.39 is 175 Å². The van der Waals surface area contributed by atoms with Gasteiger partial charge in [-0.15, -0.1) is 11.3 Å². The lowest BCUT2D eigenvalue weighted by Gasteiger charge is -2.39. The molecule has 2 heterocycles. The van der Waals surface area contributed by atoms with E-state index in [0.717, 1.165) is 45.8 Å². The lowest BCUT2D eigenvalue weighted by atomic mass is 9.92. The van der Waals surface area contributed by atoms with Crippen LogP contribution in [0.1, 0.15) is 196 Å². The number of hydrazine groups is 1. The van der Waals surface area contributed by atoms with Gasteiger partial charge in [0.05, 0.1) is 18.9 Å². The van der Waals surface area contributed by atoms with Crippen LogP contribution in [0.5, 0.6) is 5.75 Å². The number of phenols is 1. The van der Waals surface area contributed by atoms with Crippen LogP contribution in [0.15, 0.2) is 53.9 Å². The van der Waals surface area contributed by atoms with E-state index in [4.69, 9.17) is 30.5 Å². The van der Waals surface area contributed by atoms with Crippen LogP contribution >= 0.6 is 32.9 Å². The van der Waals surface area contributed by atoms with Crippen molar-refractivity contribution in [2.75, 3.05) is 51.5 Å². The summed E-state index contributed by atoms with van der Waals surface area (Å²) < 4.78 is 16.8. The summed E-state index contributed by atoms with van der Waals surface area (Å²) in [5.74, 6) is -14.7. The van der Waals surface area contributed by atoms with E-state index in [2.05, 4.69) is 69.0 Å². The third kappa shape index (κ3) is 37.2. The van der Waals surface area contributed by atoms with Gasteiger partial charge >= 0.3 is 54.0 Å². The fourth-order valence-corrected chi connectivity index (χ4v) is 16.5. The fourth-order valence-electron chi connectivity index (χ4n) is 13.7. The number of carbonyl (C=O) groups is 16. The van der Waals surface area contributed by atoms with Crippen LogP contribution < -0.4 is 69.8 Å². The van der Waals surface area contributed by atoms with Crippen molar-refractivity contribution in [1.82, 2.24) is 78.8 Å². The van der Waals surface area contributed by atoms with E-state index in [0.29, 0.717) is 61.8 Å². The summed E-state index contributed by atoms with van der Waals surface area (Å²) in [5, 5.41) is 83.7. The number of aromatic hydroxyl groups is 1. The largest absolute Gasteiger partial charge is 0.508 e. The summed E-state index contributed by atoms with van der Waals surface area (Å²) in [5.41, 5.74) is 9.97. The van der Waals surface area contributed by atoms with E-state index in [9.17, 15) is 92.3 Å². The molecule has 13 atom stereocenters. The van der Waals surface area contributed by atoms with E-state index >= 15 is 4.79 Å². The van der Waals surface area contributed by atoms with Crippen LogP contribution in [0.3, 0.4) is 0 Å². The van der Waals surface area contributed by atoms with Crippen molar-refractivity contribution in [1.29, 1.82) is 5.41 Å². The molecule has 2 aliphatic rings. The number of nitrogens with one attached hydrogen (secondary N) is 13. The fraction of sp³-hybridized carbons (Fsp3) is 0.605. The molecule has 0 bridgehead atoms. The molecule has 1 aromatic heterocycles. The van der Waals surface area contributed by atoms with Crippen LogP contribution in [0.2, 0.25) is 0 Å². The first kappa shape index (κ1) is 104. The number of carboxylic acids is 4. The van der Waals surface area contributed by atoms with Gasteiger partial charge in [-0.1, -0.05) is 112 Å². The molecule has 41 nitrogen and oxygen atoms in total. The zero-order valence-electron chi connectivity index (χ0n) is 71.7. The van der Waals surface area contributed by atoms with Gasteiger partial charge in [-0.2, -0.15) is 0 Å². The van der Waals surface area contributed by atoms with Crippen molar-refractivity contribution in [2.45, 2.75) is 237 Å². The molecule has 125 heavy (non-hydrogen) atoms. The summed E-state index contributed by atoms with van der Waals surface area (Å²) in [6, 6.07) is 3.18. The number of piperidine rings is 1. The number of rotatable bonds is 54. The van der Waals surface area contributed by atoms with Gasteiger partial charge in [0.2, 0.25) is 35.4 Å². The minimum Gasteiger partial charge on any atom is -0.508 e. The number of benzene rings is 2. The number of aromatic nitrogens is 1. The summed E-state index contributed by atoms with van der Waals surface area (Å²) in [4.78, 5) is 217. The maximum Gasteiger partial charge on any atom is 0.426 e. The molecule has 3 unspecified atom stereocenters. The molecule has 12 amide bonds. The van der Waals surface area contributed by atoms with Crippen LogP contribution in [-0.4, -0.2) is 247 Å². The number of hydrogen-bond donors (Lipinski definition) is 19. The van der Waals surface area contributed by atoms with E-state index in [-0.39, 0.29) is 135 Å². The number of aliphatic carboxylic acids is 4. The standard InChI is InChI=1S/C81H121N17O24S3/c1-10-16-66(106)121-44-98(73(111)67(46(5)11-2)93-71(110)60-18-13-15-32-97(60)9)61(45(3)4)39-62(122-49(8)99)72-90-58(42-123-72)70(109)88-54(36-50-23-25-55(100)26-24-50)35-47(6)68(107)95-96-80(119)120-33-34-124-125-43-59(75(114)115)89-69(108)57(38-65(104)105)91-76(116)81(40-53(81)29-31-84-77(82)83)94-63(101)37-51-19-21-52(22-20-51)41-86-78(117)85-30-14-12-17-48(7)87-79(118)92-56(74(112)113)27-28-64(102)103/h19-26,42,45-48,53-54,56-57,59-62,67,100H,10-18,27-41,43-44H2,1-9H3,(H,88,109)(H,89,108)(H,91,116)(H,93,110)(H,94,101)(H,95,107)(H,96,119)(H,102,103)(H,104,105)(H,112,113)(H,114,115)(H4,82,83,84)(H2,85,86,117)(H2,87,92,118)/t46?,47-,48+,53?,54+,56-,57-,59-,60+,61+,62+,67-,81?/m0/s1. The number of hydrogen-bond acceptors (Lipinski definition) is 26. The van der Waals surface area contributed by atoms with Gasteiger partial charge in [0.15, 0.2) is 18.8 Å². The molecule has 1 aliphatic heterocycles. The van der Waals surface area contributed by atoms with Crippen molar-refractivity contribution in [3.05, 3.63) is 81.3 Å². The SMILES string of the molecule is CCCC(=O)OCN(C(=O)[C@@H](NC(=O)[C@H]1CCCCN1C)C(C)CC)[C@H](C[C@@H](OC(C)=O)c1nc(C(=O)N[C@@H](Cc2ccc(O)cc2)C[C@H](C)C(=O)NNC(=O)OCCSSC[C@H](NC(=O)[C@H](CC(=O)O)NC(=O)C2(NC(=O)Cc3ccc(CNC(=O)NCCCC[C@@H](C)NC(=O)N[C@@H](CCC(=O)O)C(=O)O)cc3)CC2CCNC(=N)N)C(=O)O)cs1)C(C)C. The highest BCUT2D eigenvalue weighted by molar-refractivity contribution is 8.76. The normalized spacial score (nSPS) is 17.1. The number of carboxylic acid groups (broad SMARTS) is 4. The smallest absolute Gasteiger partial charge is 0.426 e. The summed E-state index contributed by atoms with van der Waals surface area (Å²) >= 11 is 1.01. The predicted octanol–water partition coefficient (Wildman–Crippen LogP) is 4.01. The van der Waals surface area contributed by atoms with Gasteiger partial charge in [0.25, 0.3) is 5.91 Å². The Hall–Kier alpha value is -11.3. The number of thiazole rings is 1. The third-order valence-electron chi connectivity index (χ3n) is 20.9. The second-order valence-electron chi connectivity index (χ2n) is 31.3. The summed E-state index contributed by atoms with van der Waals surface area (Å²) in [7, 11) is 3.82. The van der Waals surface area contributed by atoms with Gasteiger partial charge in [-0.05, 0) is 138 Å². The first-order chi connectivity index (χ1) is 59.2. The molecular formula is C81H121N17O24S3. The lowest BCUT2D eigenvalue weighted by molar-refractivity contribution is -0.160. The maximum absolute atomic E-state index is 15.0. The van der Waals surface area contributed by atoms with Gasteiger partial charge < -0.3 is 104 Å². The molecular weight excluding hydrogens is 1690 g/mol. The third-order valence-corrected chi connectivity index (χ3v) is 24.2. The molecule has 2 fully saturated rings. The van der Waals surface area contributed by atoms with Crippen LogP contribution in [0, 0.1) is 29.1 Å². The Balaban J connectivity index is 1.12. The van der Waals surface area contributed by atoms with E-state index in [1.807, 2.05) is 46.6 Å². The molecule has 44 heteroatoms. The van der Waals surface area contributed by atoms with Crippen molar-refractivity contribution in [2.24, 2.45) is 29.4 Å². The Morgan fingerprint density at radius 1 is 0.728 bits per heavy atom. The number of ether oxygens (including phenoxy) is 3. The zero-order valence-corrected chi connectivity index (χ0v) is 74.2. The van der Waals surface area contributed by atoms with Crippen molar-refractivity contribution >= 4 is 134 Å². The predicted molar refractivity (Wildman–Crippen MR) is 460 cm³/mol. The molecule has 5 rings (SSSR count). The number of carbonyl (C=O) groups excluding carboxylic acids is 12. The molecule has 1 saturated heterocycles. The number of urea groups is 2. The molecule has 20 N–H and O–H groups in total. The second kappa shape index (κ2) is 53.1.